The summed E-state index contributed by atoms with van der Waals surface area (Å²) in [4.78, 5) is 12.3. The summed E-state index contributed by atoms with van der Waals surface area (Å²) in [6.07, 6.45) is 1.98. The first-order valence-electron chi connectivity index (χ1n) is 9.99. The molecule has 0 aliphatic rings. The minimum Gasteiger partial charge on any atom is -0.482 e. The normalized spacial score (nSPS) is 10.6. The summed E-state index contributed by atoms with van der Waals surface area (Å²) in [5.74, 6) is 0.259. The molecular weight excluding hydrogens is 410 g/mol. The zero-order valence-electron chi connectivity index (χ0n) is 16.9. The van der Waals surface area contributed by atoms with E-state index in [2.05, 4.69) is 17.4 Å². The molecule has 1 amide bonds. The molecule has 0 radical (unpaired) electrons. The molecule has 0 spiro atoms. The molecule has 31 heavy (non-hydrogen) atoms. The Labute approximate surface area is 186 Å². The van der Waals surface area contributed by atoms with Gasteiger partial charge in [0.15, 0.2) is 6.61 Å². The molecule has 0 atom stereocenters. The Bertz CT molecular complexity index is 1140. The molecular formula is C25H22ClN3O2. The topological polar surface area (TPSA) is 56.1 Å². The lowest BCUT2D eigenvalue weighted by Crippen LogP contribution is -2.28. The highest BCUT2D eigenvalue weighted by molar-refractivity contribution is 6.32. The zero-order valence-corrected chi connectivity index (χ0v) is 17.6. The molecule has 3 aromatic carbocycles. The fourth-order valence-corrected chi connectivity index (χ4v) is 3.42. The monoisotopic (exact) mass is 431 g/mol. The maximum atomic E-state index is 12.3. The van der Waals surface area contributed by atoms with E-state index in [0.29, 0.717) is 23.9 Å². The van der Waals surface area contributed by atoms with Crippen molar-refractivity contribution in [3.05, 3.63) is 107 Å². The second-order valence-corrected chi connectivity index (χ2v) is 7.46. The third-order valence-corrected chi connectivity index (χ3v) is 5.06. The van der Waals surface area contributed by atoms with Crippen molar-refractivity contribution in [2.45, 2.75) is 13.1 Å². The SMILES string of the molecule is O=C(COc1ccccc1Cl)NCc1cn(Cc2ccccc2)nc1-c1ccccc1. The summed E-state index contributed by atoms with van der Waals surface area (Å²) in [5, 5.41) is 8.17. The van der Waals surface area contributed by atoms with Gasteiger partial charge in [0.05, 0.1) is 17.3 Å². The van der Waals surface area contributed by atoms with Crippen LogP contribution in [0, 0.1) is 0 Å². The number of nitrogens with zero attached hydrogens (tertiary/aromatic N) is 2. The van der Waals surface area contributed by atoms with Crippen LogP contribution in [0.15, 0.2) is 91.1 Å². The predicted octanol–water partition coefficient (Wildman–Crippen LogP) is 4.95. The van der Waals surface area contributed by atoms with Gasteiger partial charge in [0.25, 0.3) is 5.91 Å². The quantitative estimate of drug-likeness (QED) is 0.429. The second kappa shape index (κ2) is 9.96. The van der Waals surface area contributed by atoms with E-state index in [1.165, 1.54) is 0 Å². The van der Waals surface area contributed by atoms with Gasteiger partial charge in [-0.25, -0.2) is 0 Å². The van der Waals surface area contributed by atoms with Crippen molar-refractivity contribution < 1.29 is 9.53 Å². The van der Waals surface area contributed by atoms with E-state index in [0.717, 1.165) is 22.4 Å². The number of para-hydroxylation sites is 1. The average molecular weight is 432 g/mol. The lowest BCUT2D eigenvalue weighted by atomic mass is 10.1. The van der Waals surface area contributed by atoms with Crippen LogP contribution in [0.4, 0.5) is 0 Å². The summed E-state index contributed by atoms with van der Waals surface area (Å²) < 4.78 is 7.42. The minimum atomic E-state index is -0.227. The van der Waals surface area contributed by atoms with Crippen LogP contribution in [0.25, 0.3) is 11.3 Å². The second-order valence-electron chi connectivity index (χ2n) is 7.05. The lowest BCUT2D eigenvalue weighted by molar-refractivity contribution is -0.123. The summed E-state index contributed by atoms with van der Waals surface area (Å²) in [6, 6.07) is 27.2. The van der Waals surface area contributed by atoms with Gasteiger partial charge in [0.2, 0.25) is 0 Å². The maximum Gasteiger partial charge on any atom is 0.258 e. The predicted molar refractivity (Wildman–Crippen MR) is 122 cm³/mol. The number of ether oxygens (including phenoxy) is 1. The molecule has 0 aliphatic heterocycles. The molecule has 0 aliphatic carbocycles. The van der Waals surface area contributed by atoms with Gasteiger partial charge in [-0.2, -0.15) is 5.10 Å². The highest BCUT2D eigenvalue weighted by Gasteiger charge is 2.13. The van der Waals surface area contributed by atoms with Crippen molar-refractivity contribution in [3.63, 3.8) is 0 Å². The minimum absolute atomic E-state index is 0.109. The molecule has 0 saturated carbocycles. The Kier molecular flexibility index (Phi) is 6.65. The number of amides is 1. The zero-order chi connectivity index (χ0) is 21.5. The van der Waals surface area contributed by atoms with Gasteiger partial charge in [0, 0.05) is 23.9 Å². The summed E-state index contributed by atoms with van der Waals surface area (Å²) in [5.41, 5.74) is 3.95. The number of hydrogen-bond acceptors (Lipinski definition) is 3. The van der Waals surface area contributed by atoms with E-state index in [1.54, 1.807) is 12.1 Å². The maximum absolute atomic E-state index is 12.3. The third-order valence-electron chi connectivity index (χ3n) is 4.74. The lowest BCUT2D eigenvalue weighted by Gasteiger charge is -2.08. The fraction of sp³-hybridized carbons (Fsp3) is 0.120. The number of rotatable bonds is 8. The first-order valence-corrected chi connectivity index (χ1v) is 10.4. The Balaban J connectivity index is 1.46. The van der Waals surface area contributed by atoms with Crippen molar-refractivity contribution in [2.75, 3.05) is 6.61 Å². The number of nitrogens with one attached hydrogen (secondary N) is 1. The van der Waals surface area contributed by atoms with E-state index in [1.807, 2.05) is 71.5 Å². The number of aromatic nitrogens is 2. The van der Waals surface area contributed by atoms with Crippen LogP contribution in [0.2, 0.25) is 5.02 Å². The van der Waals surface area contributed by atoms with Crippen LogP contribution in [0.1, 0.15) is 11.1 Å². The van der Waals surface area contributed by atoms with Crippen LogP contribution >= 0.6 is 11.6 Å². The Morgan fingerprint density at radius 2 is 1.61 bits per heavy atom. The molecule has 4 aromatic rings. The van der Waals surface area contributed by atoms with E-state index in [4.69, 9.17) is 21.4 Å². The number of carbonyl (C=O) groups is 1. The Hall–Kier alpha value is -3.57. The van der Waals surface area contributed by atoms with Crippen LogP contribution in [-0.4, -0.2) is 22.3 Å². The van der Waals surface area contributed by atoms with Gasteiger partial charge in [-0.1, -0.05) is 84.4 Å². The highest BCUT2D eigenvalue weighted by atomic mass is 35.5. The molecule has 0 unspecified atom stereocenters. The van der Waals surface area contributed by atoms with Crippen LogP contribution in [-0.2, 0) is 17.9 Å². The first-order chi connectivity index (χ1) is 15.2. The molecule has 1 N–H and O–H groups in total. The molecule has 0 fully saturated rings. The van der Waals surface area contributed by atoms with Crippen molar-refractivity contribution in [1.82, 2.24) is 15.1 Å². The van der Waals surface area contributed by atoms with E-state index < -0.39 is 0 Å². The summed E-state index contributed by atoms with van der Waals surface area (Å²) >= 11 is 6.07. The molecule has 1 aromatic heterocycles. The van der Waals surface area contributed by atoms with Crippen molar-refractivity contribution in [2.24, 2.45) is 0 Å². The molecule has 5 nitrogen and oxygen atoms in total. The van der Waals surface area contributed by atoms with Gasteiger partial charge in [-0.05, 0) is 17.7 Å². The van der Waals surface area contributed by atoms with Crippen LogP contribution < -0.4 is 10.1 Å². The van der Waals surface area contributed by atoms with Gasteiger partial charge < -0.3 is 10.1 Å². The van der Waals surface area contributed by atoms with Crippen molar-refractivity contribution in [3.8, 4) is 17.0 Å². The summed E-state index contributed by atoms with van der Waals surface area (Å²) in [7, 11) is 0. The average Bonchev–Trinajstić information content (AvgIpc) is 3.21. The number of benzene rings is 3. The van der Waals surface area contributed by atoms with Gasteiger partial charge in [-0.15, -0.1) is 0 Å². The third kappa shape index (κ3) is 5.53. The van der Waals surface area contributed by atoms with E-state index in [9.17, 15) is 4.79 Å². The Morgan fingerprint density at radius 3 is 2.35 bits per heavy atom. The van der Waals surface area contributed by atoms with Gasteiger partial charge in [-0.3, -0.25) is 9.48 Å². The van der Waals surface area contributed by atoms with Crippen molar-refractivity contribution in [1.29, 1.82) is 0 Å². The number of hydrogen-bond donors (Lipinski definition) is 1. The molecule has 0 saturated heterocycles. The standard InChI is InChI=1S/C25H22ClN3O2/c26-22-13-7-8-14-23(22)31-18-24(30)27-15-21-17-29(16-19-9-3-1-4-10-19)28-25(21)20-11-5-2-6-12-20/h1-14,17H,15-16,18H2,(H,27,30). The van der Waals surface area contributed by atoms with Crippen molar-refractivity contribution >= 4 is 17.5 Å². The van der Waals surface area contributed by atoms with E-state index in [-0.39, 0.29) is 12.5 Å². The van der Waals surface area contributed by atoms with Gasteiger partial charge in [0.1, 0.15) is 5.75 Å². The molecule has 156 valence electrons. The fourth-order valence-electron chi connectivity index (χ4n) is 3.23. The largest absolute Gasteiger partial charge is 0.482 e. The summed E-state index contributed by atoms with van der Waals surface area (Å²) in [6.45, 7) is 0.899. The van der Waals surface area contributed by atoms with Crippen LogP contribution in [0.5, 0.6) is 5.75 Å². The number of halogens is 1. The van der Waals surface area contributed by atoms with Gasteiger partial charge >= 0.3 is 0 Å². The molecule has 0 bridgehead atoms. The van der Waals surface area contributed by atoms with Crippen LogP contribution in [0.3, 0.4) is 0 Å². The number of carbonyl (C=O) groups excluding carboxylic acids is 1. The van der Waals surface area contributed by atoms with E-state index >= 15 is 0 Å². The first kappa shape index (κ1) is 20.7. The molecule has 6 heteroatoms. The molecule has 4 rings (SSSR count). The molecule has 1 heterocycles. The highest BCUT2D eigenvalue weighted by Crippen LogP contribution is 2.24. The Morgan fingerprint density at radius 1 is 0.935 bits per heavy atom. The smallest absolute Gasteiger partial charge is 0.258 e.